The first kappa shape index (κ1) is 18.0. The molecule has 0 amide bonds. The number of fused-ring (bicyclic) bond motifs is 1. The van der Waals surface area contributed by atoms with E-state index in [0.29, 0.717) is 32.9 Å². The molecule has 1 aliphatic carbocycles. The van der Waals surface area contributed by atoms with Gasteiger partial charge in [-0.05, 0) is 42.7 Å². The van der Waals surface area contributed by atoms with Crippen LogP contribution in [0.2, 0.25) is 10.0 Å². The van der Waals surface area contributed by atoms with Crippen molar-refractivity contribution in [2.24, 2.45) is 0 Å². The largest absolute Gasteiger partial charge is 0.339 e. The number of nitrogens with zero attached hydrogens (tertiary/aromatic N) is 3. The van der Waals surface area contributed by atoms with E-state index < -0.39 is 0 Å². The van der Waals surface area contributed by atoms with Crippen molar-refractivity contribution in [1.82, 2.24) is 14.6 Å². The number of aromatic amines is 1. The second-order valence-electron chi connectivity index (χ2n) is 7.13. The van der Waals surface area contributed by atoms with Gasteiger partial charge in [0.2, 0.25) is 0 Å². The molecule has 1 saturated carbocycles. The van der Waals surface area contributed by atoms with Crippen molar-refractivity contribution >= 4 is 28.8 Å². The van der Waals surface area contributed by atoms with Crippen molar-refractivity contribution in [3.63, 3.8) is 0 Å². The fraction of sp³-hybridized carbons (Fsp3) is 0.136. The van der Waals surface area contributed by atoms with Crippen LogP contribution in [0.1, 0.15) is 30.0 Å². The number of hydrogen-bond donors (Lipinski definition) is 1. The Kier molecular flexibility index (Phi) is 4.20. The summed E-state index contributed by atoms with van der Waals surface area (Å²) in [5.41, 5.74) is 4.90. The van der Waals surface area contributed by atoms with E-state index in [0.717, 1.165) is 35.2 Å². The first-order valence-electron chi connectivity index (χ1n) is 9.17. The van der Waals surface area contributed by atoms with Crippen LogP contribution in [-0.2, 0) is 0 Å². The Hall–Kier alpha value is -3.07. The van der Waals surface area contributed by atoms with Gasteiger partial charge in [0.05, 0.1) is 28.0 Å². The highest BCUT2D eigenvalue weighted by Crippen LogP contribution is 2.46. The maximum absolute atomic E-state index is 12.8. The normalized spacial score (nSPS) is 13.6. The van der Waals surface area contributed by atoms with E-state index in [-0.39, 0.29) is 5.56 Å². The van der Waals surface area contributed by atoms with E-state index in [9.17, 15) is 4.79 Å². The summed E-state index contributed by atoms with van der Waals surface area (Å²) in [6.45, 7) is 0. The number of rotatable bonds is 3. The summed E-state index contributed by atoms with van der Waals surface area (Å²) in [7, 11) is 0. The highest BCUT2D eigenvalue weighted by Gasteiger charge is 2.32. The highest BCUT2D eigenvalue weighted by molar-refractivity contribution is 6.36. The minimum absolute atomic E-state index is 0.226. The molecule has 142 valence electrons. The van der Waals surface area contributed by atoms with Gasteiger partial charge in [-0.2, -0.15) is 14.9 Å². The zero-order chi connectivity index (χ0) is 20.1. The van der Waals surface area contributed by atoms with Gasteiger partial charge < -0.3 is 4.98 Å². The number of hydrogen-bond acceptors (Lipinski definition) is 3. The lowest BCUT2D eigenvalue weighted by molar-refractivity contribution is 0.855. The number of benzene rings is 2. The maximum Gasteiger partial charge on any atom is 0.274 e. The van der Waals surface area contributed by atoms with Gasteiger partial charge in [-0.25, -0.2) is 0 Å². The molecule has 5 rings (SSSR count). The van der Waals surface area contributed by atoms with Crippen molar-refractivity contribution in [3.05, 3.63) is 80.2 Å². The lowest BCUT2D eigenvalue weighted by Crippen LogP contribution is -2.14. The molecule has 0 radical (unpaired) electrons. The van der Waals surface area contributed by atoms with Crippen molar-refractivity contribution < 1.29 is 0 Å². The van der Waals surface area contributed by atoms with Crippen molar-refractivity contribution in [2.75, 3.05) is 0 Å². The second kappa shape index (κ2) is 6.77. The first-order valence-corrected chi connectivity index (χ1v) is 9.92. The zero-order valence-corrected chi connectivity index (χ0v) is 16.6. The summed E-state index contributed by atoms with van der Waals surface area (Å²) in [5.74, 6) is 0.322. The topological polar surface area (TPSA) is 73.9 Å². The summed E-state index contributed by atoms with van der Waals surface area (Å²) in [4.78, 5) is 16.2. The maximum atomic E-state index is 12.8. The summed E-state index contributed by atoms with van der Waals surface area (Å²) >= 11 is 12.6. The van der Waals surface area contributed by atoms with E-state index >= 15 is 0 Å². The monoisotopic (exact) mass is 420 g/mol. The van der Waals surface area contributed by atoms with E-state index in [1.54, 1.807) is 24.3 Å². The average molecular weight is 421 g/mol. The van der Waals surface area contributed by atoms with Crippen molar-refractivity contribution in [1.29, 1.82) is 5.26 Å². The molecule has 1 fully saturated rings. The Bertz CT molecular complexity index is 1360. The smallest absolute Gasteiger partial charge is 0.274 e. The molecule has 29 heavy (non-hydrogen) atoms. The molecule has 1 aliphatic rings. The lowest BCUT2D eigenvalue weighted by atomic mass is 10.0. The predicted molar refractivity (Wildman–Crippen MR) is 113 cm³/mol. The molecule has 0 spiro atoms. The molecule has 1 N–H and O–H groups in total. The highest BCUT2D eigenvalue weighted by atomic mass is 35.5. The van der Waals surface area contributed by atoms with E-state index in [2.05, 4.69) is 16.2 Å². The molecule has 4 aromatic rings. The summed E-state index contributed by atoms with van der Waals surface area (Å²) in [6.07, 6.45) is 2.08. The summed E-state index contributed by atoms with van der Waals surface area (Å²) < 4.78 is 1.40. The Labute approximate surface area is 176 Å². The molecule has 2 aromatic heterocycles. The van der Waals surface area contributed by atoms with E-state index in [4.69, 9.17) is 28.5 Å². The second-order valence-corrected chi connectivity index (χ2v) is 7.97. The third kappa shape index (κ3) is 3.11. The average Bonchev–Trinajstić information content (AvgIpc) is 3.49. The van der Waals surface area contributed by atoms with Crippen LogP contribution >= 0.6 is 23.2 Å². The fourth-order valence-electron chi connectivity index (χ4n) is 3.54. The van der Waals surface area contributed by atoms with Crippen LogP contribution in [0.5, 0.6) is 0 Å². The van der Waals surface area contributed by atoms with E-state index in [1.807, 2.05) is 18.2 Å². The van der Waals surface area contributed by atoms with Gasteiger partial charge in [0, 0.05) is 28.1 Å². The number of halogens is 2. The number of aromatic nitrogens is 3. The van der Waals surface area contributed by atoms with Crippen LogP contribution < -0.4 is 5.56 Å². The van der Waals surface area contributed by atoms with Gasteiger partial charge in [0.25, 0.3) is 5.56 Å². The Balaban J connectivity index is 1.78. The molecule has 2 aromatic carbocycles. The van der Waals surface area contributed by atoms with Gasteiger partial charge in [-0.15, -0.1) is 0 Å². The third-order valence-corrected chi connectivity index (χ3v) is 5.68. The molecular weight excluding hydrogens is 407 g/mol. The number of nitriles is 1. The predicted octanol–water partition coefficient (Wildman–Crippen LogP) is 5.41. The van der Waals surface area contributed by atoms with Gasteiger partial charge in [0.1, 0.15) is 5.65 Å². The quantitative estimate of drug-likeness (QED) is 0.481. The molecule has 7 heteroatoms. The van der Waals surface area contributed by atoms with Crippen LogP contribution in [0.25, 0.3) is 28.0 Å². The Morgan fingerprint density at radius 1 is 1.10 bits per heavy atom. The zero-order valence-electron chi connectivity index (χ0n) is 15.1. The molecule has 0 atom stereocenters. The van der Waals surface area contributed by atoms with E-state index in [1.165, 1.54) is 10.6 Å². The molecule has 0 bridgehead atoms. The summed E-state index contributed by atoms with van der Waals surface area (Å²) in [5, 5.41) is 14.7. The van der Waals surface area contributed by atoms with Crippen LogP contribution in [-0.4, -0.2) is 14.6 Å². The fourth-order valence-corrected chi connectivity index (χ4v) is 4.04. The molecular formula is C22H14Cl2N4O. The number of H-pyrrole nitrogens is 1. The number of nitrogens with one attached hydrogen (secondary N) is 1. The van der Waals surface area contributed by atoms with Crippen molar-refractivity contribution in [2.45, 2.75) is 18.8 Å². The Morgan fingerprint density at radius 3 is 2.52 bits per heavy atom. The van der Waals surface area contributed by atoms with Crippen molar-refractivity contribution in [3.8, 4) is 28.5 Å². The Morgan fingerprint density at radius 2 is 1.86 bits per heavy atom. The minimum Gasteiger partial charge on any atom is -0.339 e. The molecule has 5 nitrogen and oxygen atoms in total. The molecule has 0 aliphatic heterocycles. The van der Waals surface area contributed by atoms with Gasteiger partial charge >= 0.3 is 0 Å². The van der Waals surface area contributed by atoms with Crippen LogP contribution in [0.3, 0.4) is 0 Å². The van der Waals surface area contributed by atoms with Gasteiger partial charge in [-0.1, -0.05) is 41.4 Å². The SMILES string of the molecule is N#Cc1ccc(-c2cc(=O)n3nc(C4CC4)c(-c4ccc(Cl)cc4Cl)c3[nH]2)cc1. The molecule has 0 saturated heterocycles. The van der Waals surface area contributed by atoms with Crippen LogP contribution in [0, 0.1) is 11.3 Å². The van der Waals surface area contributed by atoms with Gasteiger partial charge in [-0.3, -0.25) is 4.79 Å². The van der Waals surface area contributed by atoms with Gasteiger partial charge in [0.15, 0.2) is 0 Å². The standard InChI is InChI=1S/C22H14Cl2N4O/c23-15-7-8-16(17(24)9-15)20-21(14-5-6-14)27-28-19(29)10-18(26-22(20)28)13-3-1-12(11-25)2-4-13/h1-4,7-10,14,26H,5-6H2. The van der Waals surface area contributed by atoms with Crippen LogP contribution in [0.15, 0.2) is 53.3 Å². The lowest BCUT2D eigenvalue weighted by Gasteiger charge is -2.08. The molecule has 0 unspecified atom stereocenters. The molecule has 2 heterocycles. The summed E-state index contributed by atoms with van der Waals surface area (Å²) in [6, 6.07) is 16.0. The minimum atomic E-state index is -0.226. The third-order valence-electron chi connectivity index (χ3n) is 5.13. The first-order chi connectivity index (χ1) is 14.0. The van der Waals surface area contributed by atoms with Crippen LogP contribution in [0.4, 0.5) is 0 Å².